The van der Waals surface area contributed by atoms with Crippen molar-refractivity contribution in [2.75, 3.05) is 6.54 Å². The van der Waals surface area contributed by atoms with Gasteiger partial charge in [-0.05, 0) is 37.9 Å². The molecule has 20 heavy (non-hydrogen) atoms. The van der Waals surface area contributed by atoms with Gasteiger partial charge in [0.15, 0.2) is 0 Å². The van der Waals surface area contributed by atoms with Gasteiger partial charge in [0.2, 0.25) is 0 Å². The fourth-order valence-corrected chi connectivity index (χ4v) is 2.86. The predicted octanol–water partition coefficient (Wildman–Crippen LogP) is 2.37. The lowest BCUT2D eigenvalue weighted by Crippen LogP contribution is -2.17. The van der Waals surface area contributed by atoms with E-state index in [1.807, 2.05) is 23.1 Å². The second kappa shape index (κ2) is 6.70. The van der Waals surface area contributed by atoms with Crippen molar-refractivity contribution in [1.29, 1.82) is 0 Å². The topological polar surface area (TPSA) is 47.7 Å². The molecule has 0 saturated heterocycles. The lowest BCUT2D eigenvalue weighted by atomic mass is 10.3. The Kier molecular flexibility index (Phi) is 4.48. The summed E-state index contributed by atoms with van der Waals surface area (Å²) in [7, 11) is 0. The molecule has 5 heteroatoms. The first kappa shape index (κ1) is 13.4. The lowest BCUT2D eigenvalue weighted by molar-refractivity contribution is 0.460. The minimum Gasteiger partial charge on any atom is -0.311 e. The average Bonchev–Trinajstić information content (AvgIpc) is 3.21. The second-order valence-electron chi connectivity index (χ2n) is 5.52. The lowest BCUT2D eigenvalue weighted by Gasteiger charge is -2.09. The Morgan fingerprint density at radius 2 is 2.15 bits per heavy atom. The molecular weight excluding hydrogens is 250 g/mol. The molecule has 1 saturated carbocycles. The first-order chi connectivity index (χ1) is 9.92. The van der Waals surface area contributed by atoms with E-state index in [1.54, 1.807) is 0 Å². The van der Waals surface area contributed by atoms with Crippen molar-refractivity contribution < 1.29 is 0 Å². The third-order valence-corrected chi connectivity index (χ3v) is 3.97. The molecule has 0 amide bonds. The largest absolute Gasteiger partial charge is 0.311 e. The number of nitrogens with one attached hydrogen (secondary N) is 1. The van der Waals surface area contributed by atoms with E-state index < -0.39 is 0 Å². The van der Waals surface area contributed by atoms with E-state index in [2.05, 4.69) is 32.5 Å². The number of hydrogen-bond donors (Lipinski definition) is 1. The van der Waals surface area contributed by atoms with E-state index >= 15 is 0 Å². The SMILES string of the molecule is c1cnn(CCCNCc2ccn(C3CCCC3)n2)c1. The zero-order chi connectivity index (χ0) is 13.6. The number of hydrogen-bond acceptors (Lipinski definition) is 3. The molecule has 3 rings (SSSR count). The third kappa shape index (κ3) is 3.48. The van der Waals surface area contributed by atoms with E-state index in [0.717, 1.165) is 31.7 Å². The summed E-state index contributed by atoms with van der Waals surface area (Å²) in [4.78, 5) is 0. The van der Waals surface area contributed by atoms with Crippen LogP contribution >= 0.6 is 0 Å². The highest BCUT2D eigenvalue weighted by molar-refractivity contribution is 4.99. The zero-order valence-corrected chi connectivity index (χ0v) is 11.9. The van der Waals surface area contributed by atoms with Crippen LogP contribution in [0, 0.1) is 0 Å². The molecule has 1 N–H and O–H groups in total. The maximum atomic E-state index is 4.68. The summed E-state index contributed by atoms with van der Waals surface area (Å²) in [5, 5.41) is 12.3. The monoisotopic (exact) mass is 273 g/mol. The Labute approximate surface area is 120 Å². The quantitative estimate of drug-likeness (QED) is 0.788. The van der Waals surface area contributed by atoms with Crippen LogP contribution in [0.1, 0.15) is 43.8 Å². The molecule has 0 aromatic carbocycles. The molecular formula is C15H23N5. The van der Waals surface area contributed by atoms with Gasteiger partial charge in [-0.2, -0.15) is 10.2 Å². The van der Waals surface area contributed by atoms with Crippen LogP contribution in [0.5, 0.6) is 0 Å². The summed E-state index contributed by atoms with van der Waals surface area (Å²) in [5.74, 6) is 0. The highest BCUT2D eigenvalue weighted by Crippen LogP contribution is 2.28. The van der Waals surface area contributed by atoms with Gasteiger partial charge in [-0.1, -0.05) is 12.8 Å². The Morgan fingerprint density at radius 1 is 1.25 bits per heavy atom. The van der Waals surface area contributed by atoms with Crippen molar-refractivity contribution in [3.63, 3.8) is 0 Å². The van der Waals surface area contributed by atoms with Crippen LogP contribution in [0.4, 0.5) is 0 Å². The van der Waals surface area contributed by atoms with Gasteiger partial charge < -0.3 is 5.32 Å². The normalized spacial score (nSPS) is 16.0. The first-order valence-corrected chi connectivity index (χ1v) is 7.64. The number of aromatic nitrogens is 4. The van der Waals surface area contributed by atoms with Crippen molar-refractivity contribution >= 4 is 0 Å². The van der Waals surface area contributed by atoms with E-state index in [0.29, 0.717) is 6.04 Å². The maximum Gasteiger partial charge on any atom is 0.0762 e. The molecule has 1 aliphatic rings. The molecule has 1 aliphatic carbocycles. The second-order valence-corrected chi connectivity index (χ2v) is 5.52. The van der Waals surface area contributed by atoms with Crippen LogP contribution in [0.25, 0.3) is 0 Å². The molecule has 0 aliphatic heterocycles. The van der Waals surface area contributed by atoms with Crippen molar-refractivity contribution in [3.05, 3.63) is 36.4 Å². The Morgan fingerprint density at radius 3 is 2.95 bits per heavy atom. The van der Waals surface area contributed by atoms with Gasteiger partial charge in [0, 0.05) is 31.7 Å². The molecule has 0 atom stereocenters. The van der Waals surface area contributed by atoms with Crippen LogP contribution in [-0.2, 0) is 13.1 Å². The van der Waals surface area contributed by atoms with Gasteiger partial charge in [0.25, 0.3) is 0 Å². The van der Waals surface area contributed by atoms with Gasteiger partial charge in [-0.15, -0.1) is 0 Å². The molecule has 0 unspecified atom stereocenters. The van der Waals surface area contributed by atoms with Crippen LogP contribution in [0.15, 0.2) is 30.7 Å². The van der Waals surface area contributed by atoms with E-state index in [9.17, 15) is 0 Å². The van der Waals surface area contributed by atoms with Gasteiger partial charge in [-0.3, -0.25) is 9.36 Å². The number of aryl methyl sites for hydroxylation is 1. The number of nitrogens with zero attached hydrogens (tertiary/aromatic N) is 4. The zero-order valence-electron chi connectivity index (χ0n) is 11.9. The van der Waals surface area contributed by atoms with E-state index in [1.165, 1.54) is 25.7 Å². The minimum atomic E-state index is 0.642. The highest BCUT2D eigenvalue weighted by atomic mass is 15.3. The van der Waals surface area contributed by atoms with Gasteiger partial charge >= 0.3 is 0 Å². The fourth-order valence-electron chi connectivity index (χ4n) is 2.86. The van der Waals surface area contributed by atoms with Crippen LogP contribution < -0.4 is 5.32 Å². The van der Waals surface area contributed by atoms with E-state index in [-0.39, 0.29) is 0 Å². The van der Waals surface area contributed by atoms with Crippen LogP contribution in [0.2, 0.25) is 0 Å². The van der Waals surface area contributed by atoms with Gasteiger partial charge in [-0.25, -0.2) is 0 Å². The third-order valence-electron chi connectivity index (χ3n) is 3.97. The molecule has 0 bridgehead atoms. The average molecular weight is 273 g/mol. The molecule has 108 valence electrons. The Balaban J connectivity index is 1.36. The molecule has 0 radical (unpaired) electrons. The molecule has 2 aromatic heterocycles. The van der Waals surface area contributed by atoms with Gasteiger partial charge in [0.1, 0.15) is 0 Å². The standard InChI is InChI=1S/C15H23N5/c1-2-6-15(5-1)20-12-7-14(18-20)13-16-8-3-10-19-11-4-9-17-19/h4,7,9,11-12,15-16H,1-3,5-6,8,10,13H2. The van der Waals surface area contributed by atoms with Crippen LogP contribution in [-0.4, -0.2) is 26.1 Å². The Bertz CT molecular complexity index is 496. The Hall–Kier alpha value is -1.62. The number of rotatable bonds is 7. The highest BCUT2D eigenvalue weighted by Gasteiger charge is 2.17. The summed E-state index contributed by atoms with van der Waals surface area (Å²) in [6.45, 7) is 2.82. The van der Waals surface area contributed by atoms with Crippen molar-refractivity contribution in [1.82, 2.24) is 24.9 Å². The molecule has 5 nitrogen and oxygen atoms in total. The molecule has 2 heterocycles. The van der Waals surface area contributed by atoms with Crippen molar-refractivity contribution in [2.24, 2.45) is 0 Å². The summed E-state index contributed by atoms with van der Waals surface area (Å²) < 4.78 is 4.13. The van der Waals surface area contributed by atoms with Crippen molar-refractivity contribution in [3.8, 4) is 0 Å². The summed E-state index contributed by atoms with van der Waals surface area (Å²) in [6.07, 6.45) is 12.3. The van der Waals surface area contributed by atoms with Crippen molar-refractivity contribution in [2.45, 2.75) is 51.2 Å². The summed E-state index contributed by atoms with van der Waals surface area (Å²) in [6, 6.07) is 4.74. The molecule has 1 fully saturated rings. The van der Waals surface area contributed by atoms with E-state index in [4.69, 9.17) is 0 Å². The maximum absolute atomic E-state index is 4.68. The molecule has 0 spiro atoms. The fraction of sp³-hybridized carbons (Fsp3) is 0.600. The summed E-state index contributed by atoms with van der Waals surface area (Å²) >= 11 is 0. The first-order valence-electron chi connectivity index (χ1n) is 7.64. The smallest absolute Gasteiger partial charge is 0.0762 e. The minimum absolute atomic E-state index is 0.642. The van der Waals surface area contributed by atoms with Gasteiger partial charge in [0.05, 0.1) is 11.7 Å². The summed E-state index contributed by atoms with van der Waals surface area (Å²) in [5.41, 5.74) is 1.15. The van der Waals surface area contributed by atoms with Crippen LogP contribution in [0.3, 0.4) is 0 Å². The molecule has 2 aromatic rings. The predicted molar refractivity (Wildman–Crippen MR) is 78.3 cm³/mol.